The zero-order valence-corrected chi connectivity index (χ0v) is 25.6. The highest BCUT2D eigenvalue weighted by Crippen LogP contribution is 2.27. The fourth-order valence-corrected chi connectivity index (χ4v) is 4.33. The number of ether oxygens (including phenoxy) is 2. The van der Waals surface area contributed by atoms with E-state index in [9.17, 15) is 24.0 Å². The Morgan fingerprint density at radius 2 is 1.71 bits per heavy atom. The Morgan fingerprint density at radius 1 is 1.02 bits per heavy atom. The average molecular weight is 577 g/mol. The summed E-state index contributed by atoms with van der Waals surface area (Å²) in [4.78, 5) is 65.7. The van der Waals surface area contributed by atoms with E-state index in [1.807, 2.05) is 26.0 Å². The Balaban J connectivity index is 3.52. The monoisotopic (exact) mass is 576 g/mol. The van der Waals surface area contributed by atoms with Crippen LogP contribution in [0.15, 0.2) is 18.2 Å². The van der Waals surface area contributed by atoms with Crippen LogP contribution < -0.4 is 16.4 Å². The lowest BCUT2D eigenvalue weighted by atomic mass is 9.95. The molecule has 4 N–H and O–H groups in total. The molecule has 230 valence electrons. The van der Waals surface area contributed by atoms with Crippen molar-refractivity contribution < 1.29 is 33.4 Å². The third-order valence-electron chi connectivity index (χ3n) is 6.14. The van der Waals surface area contributed by atoms with E-state index in [1.54, 1.807) is 33.8 Å². The number of hydrogen-bond donors (Lipinski definition) is 3. The summed E-state index contributed by atoms with van der Waals surface area (Å²) < 4.78 is 10.3. The number of nitrogens with one attached hydrogen (secondary N) is 2. The van der Waals surface area contributed by atoms with Gasteiger partial charge in [0.2, 0.25) is 17.7 Å². The minimum atomic E-state index is -1.35. The van der Waals surface area contributed by atoms with E-state index in [-0.39, 0.29) is 26.1 Å². The second-order valence-electron chi connectivity index (χ2n) is 11.1. The SMILES string of the molecule is CCCCCCN(C(=O)C(CC(N)=O)NC(=O)OC(C)(C)C)C(C(=O)NCCC(=O)OCC)c1ccc(C)cc1C. The highest BCUT2D eigenvalue weighted by Gasteiger charge is 2.37. The van der Waals surface area contributed by atoms with Gasteiger partial charge in [0, 0.05) is 13.1 Å². The summed E-state index contributed by atoms with van der Waals surface area (Å²) >= 11 is 0. The van der Waals surface area contributed by atoms with Crippen LogP contribution in [0.3, 0.4) is 0 Å². The zero-order valence-electron chi connectivity index (χ0n) is 25.6. The molecule has 11 heteroatoms. The second kappa shape index (κ2) is 17.2. The van der Waals surface area contributed by atoms with Crippen LogP contribution in [0.1, 0.15) is 95.9 Å². The first-order valence-electron chi connectivity index (χ1n) is 14.3. The number of amides is 4. The lowest BCUT2D eigenvalue weighted by Crippen LogP contribution is -2.54. The van der Waals surface area contributed by atoms with Gasteiger partial charge in [0.15, 0.2) is 0 Å². The number of carbonyl (C=O) groups excluding carboxylic acids is 5. The van der Waals surface area contributed by atoms with Gasteiger partial charge in [0.1, 0.15) is 17.7 Å². The van der Waals surface area contributed by atoms with Crippen molar-refractivity contribution in [3.8, 4) is 0 Å². The van der Waals surface area contributed by atoms with Crippen molar-refractivity contribution in [2.45, 2.75) is 105 Å². The summed E-state index contributed by atoms with van der Waals surface area (Å²) in [5.74, 6) is -2.39. The molecule has 0 fully saturated rings. The van der Waals surface area contributed by atoms with Crippen LogP contribution in [0.2, 0.25) is 0 Å². The minimum absolute atomic E-state index is 0.0117. The molecule has 0 saturated carbocycles. The van der Waals surface area contributed by atoms with Crippen molar-refractivity contribution >= 4 is 29.8 Å². The number of primary amides is 1. The number of rotatable bonds is 16. The molecule has 0 heterocycles. The Labute approximate surface area is 243 Å². The topological polar surface area (TPSA) is 157 Å². The molecule has 0 radical (unpaired) electrons. The van der Waals surface area contributed by atoms with E-state index in [0.29, 0.717) is 12.0 Å². The van der Waals surface area contributed by atoms with Gasteiger partial charge in [-0.3, -0.25) is 19.2 Å². The van der Waals surface area contributed by atoms with Gasteiger partial charge in [-0.1, -0.05) is 49.9 Å². The second-order valence-corrected chi connectivity index (χ2v) is 11.1. The average Bonchev–Trinajstić information content (AvgIpc) is 2.84. The van der Waals surface area contributed by atoms with Crippen molar-refractivity contribution in [3.05, 3.63) is 34.9 Å². The molecular weight excluding hydrogens is 528 g/mol. The van der Waals surface area contributed by atoms with Crippen molar-refractivity contribution in [2.24, 2.45) is 5.73 Å². The normalized spacial score (nSPS) is 12.6. The van der Waals surface area contributed by atoms with E-state index >= 15 is 0 Å². The van der Waals surface area contributed by atoms with E-state index in [1.165, 1.54) is 4.90 Å². The van der Waals surface area contributed by atoms with Gasteiger partial charge in [-0.2, -0.15) is 0 Å². The van der Waals surface area contributed by atoms with Gasteiger partial charge < -0.3 is 30.7 Å². The first-order chi connectivity index (χ1) is 19.2. The molecule has 11 nitrogen and oxygen atoms in total. The highest BCUT2D eigenvalue weighted by atomic mass is 16.6. The third kappa shape index (κ3) is 13.1. The summed E-state index contributed by atoms with van der Waals surface area (Å²) in [6.07, 6.45) is 1.90. The number of hydrogen-bond acceptors (Lipinski definition) is 7. The smallest absolute Gasteiger partial charge is 0.408 e. The highest BCUT2D eigenvalue weighted by molar-refractivity contribution is 5.94. The molecule has 0 aromatic heterocycles. The summed E-state index contributed by atoms with van der Waals surface area (Å²) in [6, 6.07) is 3.10. The van der Waals surface area contributed by atoms with E-state index in [2.05, 4.69) is 17.6 Å². The molecule has 4 amide bonds. The Hall–Kier alpha value is -3.63. The predicted octanol–water partition coefficient (Wildman–Crippen LogP) is 3.59. The van der Waals surface area contributed by atoms with Crippen molar-refractivity contribution in [2.75, 3.05) is 19.7 Å². The number of nitrogens with two attached hydrogens (primary N) is 1. The summed E-state index contributed by atoms with van der Waals surface area (Å²) in [6.45, 7) is 13.0. The van der Waals surface area contributed by atoms with Crippen LogP contribution in [0.25, 0.3) is 0 Å². The largest absolute Gasteiger partial charge is 0.466 e. The van der Waals surface area contributed by atoms with Crippen molar-refractivity contribution in [3.63, 3.8) is 0 Å². The van der Waals surface area contributed by atoms with Crippen LogP contribution in [0, 0.1) is 13.8 Å². The molecule has 0 aliphatic heterocycles. The quantitative estimate of drug-likeness (QED) is 0.200. The minimum Gasteiger partial charge on any atom is -0.466 e. The van der Waals surface area contributed by atoms with Crippen molar-refractivity contribution in [1.29, 1.82) is 0 Å². The van der Waals surface area contributed by atoms with E-state index in [4.69, 9.17) is 15.2 Å². The van der Waals surface area contributed by atoms with E-state index in [0.717, 1.165) is 30.4 Å². The van der Waals surface area contributed by atoms with Gasteiger partial charge in [-0.15, -0.1) is 0 Å². The summed E-state index contributed by atoms with van der Waals surface area (Å²) in [5.41, 5.74) is 6.96. The number of alkyl carbamates (subject to hydrolysis) is 1. The molecule has 1 rings (SSSR count). The Kier molecular flexibility index (Phi) is 14.9. The maximum Gasteiger partial charge on any atom is 0.408 e. The lowest BCUT2D eigenvalue weighted by molar-refractivity contribution is -0.144. The summed E-state index contributed by atoms with van der Waals surface area (Å²) in [7, 11) is 0. The predicted molar refractivity (Wildman–Crippen MR) is 156 cm³/mol. The van der Waals surface area contributed by atoms with Crippen LogP contribution in [-0.2, 0) is 28.7 Å². The number of unbranched alkanes of at least 4 members (excludes halogenated alkanes) is 3. The van der Waals surface area contributed by atoms with Crippen LogP contribution >= 0.6 is 0 Å². The van der Waals surface area contributed by atoms with Crippen LogP contribution in [0.4, 0.5) is 4.79 Å². The zero-order chi connectivity index (χ0) is 31.2. The standard InChI is InChI=1S/C30H48N4O7/c1-8-10-11-12-17-34(28(38)23(19-24(31)35)33-29(39)41-30(5,6)7)26(22-14-13-20(3)18-21(22)4)27(37)32-16-15-25(36)40-9-2/h13-14,18,23,26H,8-12,15-17,19H2,1-7H3,(H2,31,35)(H,32,37)(H,33,39). The van der Waals surface area contributed by atoms with E-state index < -0.39 is 53.9 Å². The number of carbonyl (C=O) groups is 5. The first kappa shape index (κ1) is 35.4. The lowest BCUT2D eigenvalue weighted by Gasteiger charge is -2.35. The van der Waals surface area contributed by atoms with Crippen molar-refractivity contribution in [1.82, 2.24) is 15.5 Å². The maximum absolute atomic E-state index is 14.1. The molecule has 2 atom stereocenters. The fourth-order valence-electron chi connectivity index (χ4n) is 4.33. The van der Waals surface area contributed by atoms with Gasteiger partial charge >= 0.3 is 12.1 Å². The molecule has 0 spiro atoms. The molecule has 1 aromatic carbocycles. The van der Waals surface area contributed by atoms with Gasteiger partial charge in [0.05, 0.1) is 19.4 Å². The Bertz CT molecular complexity index is 1050. The fraction of sp³-hybridized carbons (Fsp3) is 0.633. The molecule has 0 aliphatic carbocycles. The molecular formula is C30H48N4O7. The Morgan fingerprint density at radius 3 is 2.27 bits per heavy atom. The summed E-state index contributed by atoms with van der Waals surface area (Å²) in [5, 5.41) is 5.25. The third-order valence-corrected chi connectivity index (χ3v) is 6.14. The van der Waals surface area contributed by atoms with Crippen LogP contribution in [0.5, 0.6) is 0 Å². The molecule has 0 bridgehead atoms. The maximum atomic E-state index is 14.1. The molecule has 1 aromatic rings. The van der Waals surface area contributed by atoms with Gasteiger partial charge in [-0.05, 0) is 59.1 Å². The first-order valence-corrected chi connectivity index (χ1v) is 14.3. The van der Waals surface area contributed by atoms with Crippen LogP contribution in [-0.4, -0.2) is 66.0 Å². The molecule has 0 saturated heterocycles. The number of nitrogens with zero attached hydrogens (tertiary/aromatic N) is 1. The number of esters is 1. The molecule has 41 heavy (non-hydrogen) atoms. The number of aryl methyl sites for hydroxylation is 2. The molecule has 2 unspecified atom stereocenters. The number of benzene rings is 1. The van der Waals surface area contributed by atoms with Gasteiger partial charge in [0.25, 0.3) is 0 Å². The van der Waals surface area contributed by atoms with Gasteiger partial charge in [-0.25, -0.2) is 4.79 Å². The molecule has 0 aliphatic rings.